The molecule has 6 nitrogen and oxygen atoms in total. The lowest BCUT2D eigenvalue weighted by Gasteiger charge is -2.32. The summed E-state index contributed by atoms with van der Waals surface area (Å²) < 4.78 is 4.17. The summed E-state index contributed by atoms with van der Waals surface area (Å²) >= 11 is 0. The first-order chi connectivity index (χ1) is 12.8. The Balaban J connectivity index is 1.16. The van der Waals surface area contributed by atoms with Gasteiger partial charge in [-0.15, -0.1) is 0 Å². The monoisotopic (exact) mass is 353 g/mol. The number of imidazole rings is 1. The Morgan fingerprint density at radius 2 is 1.85 bits per heavy atom. The van der Waals surface area contributed by atoms with Crippen molar-refractivity contribution in [3.63, 3.8) is 0 Å². The Kier molecular flexibility index (Phi) is 4.15. The molecule has 3 heterocycles. The highest BCUT2D eigenvalue weighted by Crippen LogP contribution is 2.38. The third-order valence-electron chi connectivity index (χ3n) is 6.11. The van der Waals surface area contributed by atoms with Gasteiger partial charge in [-0.25, -0.2) is 9.97 Å². The van der Waals surface area contributed by atoms with Crippen LogP contribution in [0.3, 0.4) is 0 Å². The van der Waals surface area contributed by atoms with Crippen LogP contribution >= 0.6 is 0 Å². The molecule has 1 aliphatic heterocycles. The van der Waals surface area contributed by atoms with Crippen molar-refractivity contribution < 1.29 is 0 Å². The zero-order valence-corrected chi connectivity index (χ0v) is 15.3. The zero-order chi connectivity index (χ0) is 17.5. The Bertz CT molecular complexity index is 825. The van der Waals surface area contributed by atoms with Crippen molar-refractivity contribution in [3.05, 3.63) is 46.7 Å². The van der Waals surface area contributed by atoms with Crippen LogP contribution in [0, 0.1) is 5.92 Å². The molecule has 0 unspecified atom stereocenters. The SMILES string of the molecule is O=c1cc(C2CC2)ncn1CC1CCN(Cc2nccn2C2CC2)CC1. The Hall–Kier alpha value is -1.95. The van der Waals surface area contributed by atoms with Crippen LogP contribution in [-0.2, 0) is 13.1 Å². The average Bonchev–Trinajstić information content (AvgIpc) is 3.57. The number of piperidine rings is 1. The minimum absolute atomic E-state index is 0.121. The van der Waals surface area contributed by atoms with E-state index in [1.165, 1.54) is 31.5 Å². The van der Waals surface area contributed by atoms with E-state index in [0.29, 0.717) is 17.9 Å². The van der Waals surface area contributed by atoms with Gasteiger partial charge in [0.15, 0.2) is 0 Å². The first-order valence-electron chi connectivity index (χ1n) is 10.1. The molecule has 0 radical (unpaired) electrons. The normalized spacial score (nSPS) is 22.0. The highest BCUT2D eigenvalue weighted by molar-refractivity contribution is 5.12. The van der Waals surface area contributed by atoms with Crippen molar-refractivity contribution in [2.24, 2.45) is 5.92 Å². The molecule has 0 amide bonds. The van der Waals surface area contributed by atoms with E-state index in [4.69, 9.17) is 0 Å². The van der Waals surface area contributed by atoms with Gasteiger partial charge < -0.3 is 4.57 Å². The summed E-state index contributed by atoms with van der Waals surface area (Å²) in [6.45, 7) is 3.93. The van der Waals surface area contributed by atoms with Crippen molar-refractivity contribution in [1.29, 1.82) is 0 Å². The Morgan fingerprint density at radius 1 is 1.04 bits per heavy atom. The van der Waals surface area contributed by atoms with Crippen molar-refractivity contribution in [1.82, 2.24) is 24.0 Å². The van der Waals surface area contributed by atoms with Crippen LogP contribution in [0.4, 0.5) is 0 Å². The van der Waals surface area contributed by atoms with E-state index in [0.717, 1.165) is 44.7 Å². The molecule has 0 N–H and O–H groups in total. The number of aromatic nitrogens is 4. The van der Waals surface area contributed by atoms with E-state index in [2.05, 4.69) is 25.6 Å². The van der Waals surface area contributed by atoms with Gasteiger partial charge >= 0.3 is 0 Å². The van der Waals surface area contributed by atoms with Gasteiger partial charge in [0.25, 0.3) is 5.56 Å². The van der Waals surface area contributed by atoms with Crippen LogP contribution in [0.1, 0.15) is 62.0 Å². The summed E-state index contributed by atoms with van der Waals surface area (Å²) in [6.07, 6.45) is 13.1. The van der Waals surface area contributed by atoms with Crippen LogP contribution in [0.5, 0.6) is 0 Å². The van der Waals surface area contributed by atoms with Crippen molar-refractivity contribution >= 4 is 0 Å². The van der Waals surface area contributed by atoms with Gasteiger partial charge in [0.1, 0.15) is 5.82 Å². The summed E-state index contributed by atoms with van der Waals surface area (Å²) in [4.78, 5) is 23.9. The van der Waals surface area contributed by atoms with E-state index >= 15 is 0 Å². The molecule has 2 aromatic rings. The largest absolute Gasteiger partial charge is 0.331 e. The minimum Gasteiger partial charge on any atom is -0.331 e. The third kappa shape index (κ3) is 3.47. The maximum atomic E-state index is 12.3. The Morgan fingerprint density at radius 3 is 2.54 bits per heavy atom. The van der Waals surface area contributed by atoms with Gasteiger partial charge in [0, 0.05) is 37.0 Å². The van der Waals surface area contributed by atoms with Crippen molar-refractivity contribution in [2.45, 2.75) is 63.6 Å². The van der Waals surface area contributed by atoms with Gasteiger partial charge in [0.2, 0.25) is 0 Å². The molecule has 0 atom stereocenters. The molecule has 3 aliphatic rings. The lowest BCUT2D eigenvalue weighted by Crippen LogP contribution is -2.36. The minimum atomic E-state index is 0.121. The van der Waals surface area contributed by atoms with Crippen molar-refractivity contribution in [2.75, 3.05) is 13.1 Å². The predicted octanol–water partition coefficient (Wildman–Crippen LogP) is 2.56. The van der Waals surface area contributed by atoms with E-state index in [1.807, 2.05) is 10.8 Å². The summed E-state index contributed by atoms with van der Waals surface area (Å²) in [5.74, 6) is 2.33. The lowest BCUT2D eigenvalue weighted by molar-refractivity contribution is 0.161. The topological polar surface area (TPSA) is 56.0 Å². The van der Waals surface area contributed by atoms with Gasteiger partial charge in [0.05, 0.1) is 18.6 Å². The summed E-state index contributed by atoms with van der Waals surface area (Å²) in [7, 11) is 0. The van der Waals surface area contributed by atoms with Gasteiger partial charge in [-0.1, -0.05) is 0 Å². The molecule has 26 heavy (non-hydrogen) atoms. The molecule has 138 valence electrons. The second-order valence-electron chi connectivity index (χ2n) is 8.28. The van der Waals surface area contributed by atoms with Crippen LogP contribution < -0.4 is 5.56 Å². The number of likely N-dealkylation sites (tertiary alicyclic amines) is 1. The summed E-state index contributed by atoms with van der Waals surface area (Å²) in [6, 6.07) is 2.45. The fraction of sp³-hybridized carbons (Fsp3) is 0.650. The maximum absolute atomic E-state index is 12.3. The second-order valence-corrected chi connectivity index (χ2v) is 8.28. The van der Waals surface area contributed by atoms with Crippen LogP contribution in [0.15, 0.2) is 29.6 Å². The molecule has 2 aliphatic carbocycles. The average molecular weight is 353 g/mol. The number of hydrogen-bond donors (Lipinski definition) is 0. The predicted molar refractivity (Wildman–Crippen MR) is 99.0 cm³/mol. The first-order valence-corrected chi connectivity index (χ1v) is 10.1. The fourth-order valence-corrected chi connectivity index (χ4v) is 4.14. The van der Waals surface area contributed by atoms with Gasteiger partial charge in [-0.3, -0.25) is 14.3 Å². The molecule has 0 spiro atoms. The van der Waals surface area contributed by atoms with E-state index in [-0.39, 0.29) is 5.56 Å². The molecule has 0 bridgehead atoms. The molecular formula is C20H27N5O. The molecule has 2 aromatic heterocycles. The molecule has 2 saturated carbocycles. The van der Waals surface area contributed by atoms with Crippen LogP contribution in [0.2, 0.25) is 0 Å². The van der Waals surface area contributed by atoms with Crippen LogP contribution in [-0.4, -0.2) is 37.1 Å². The highest BCUT2D eigenvalue weighted by atomic mass is 16.1. The molecular weight excluding hydrogens is 326 g/mol. The summed E-state index contributed by atoms with van der Waals surface area (Å²) in [5, 5.41) is 0. The number of nitrogens with zero attached hydrogens (tertiary/aromatic N) is 5. The molecule has 1 saturated heterocycles. The number of rotatable bonds is 6. The molecule has 5 rings (SSSR count). The van der Waals surface area contributed by atoms with Gasteiger partial charge in [-0.2, -0.15) is 0 Å². The quantitative estimate of drug-likeness (QED) is 0.801. The second kappa shape index (κ2) is 6.65. The smallest absolute Gasteiger partial charge is 0.253 e. The standard InChI is InChI=1S/C20H27N5O/c26-20-11-18(16-1-2-16)22-14-24(20)12-15-5-8-23(9-6-15)13-19-21-7-10-25(19)17-3-4-17/h7,10-11,14-17H,1-6,8-9,12-13H2. The lowest BCUT2D eigenvalue weighted by atomic mass is 9.96. The molecule has 0 aromatic carbocycles. The fourth-order valence-electron chi connectivity index (χ4n) is 4.14. The highest BCUT2D eigenvalue weighted by Gasteiger charge is 2.28. The van der Waals surface area contributed by atoms with E-state index in [1.54, 1.807) is 12.4 Å². The van der Waals surface area contributed by atoms with E-state index < -0.39 is 0 Å². The van der Waals surface area contributed by atoms with Gasteiger partial charge in [-0.05, 0) is 57.5 Å². The third-order valence-corrected chi connectivity index (χ3v) is 6.11. The Labute approximate surface area is 153 Å². The number of hydrogen-bond acceptors (Lipinski definition) is 4. The maximum Gasteiger partial charge on any atom is 0.253 e. The molecule has 3 fully saturated rings. The zero-order valence-electron chi connectivity index (χ0n) is 15.3. The van der Waals surface area contributed by atoms with Crippen LogP contribution in [0.25, 0.3) is 0 Å². The molecule has 6 heteroatoms. The first kappa shape index (κ1) is 16.2. The van der Waals surface area contributed by atoms with Crippen molar-refractivity contribution in [3.8, 4) is 0 Å². The summed E-state index contributed by atoms with van der Waals surface area (Å²) in [5.41, 5.74) is 1.11. The van der Waals surface area contributed by atoms with E-state index in [9.17, 15) is 4.79 Å².